The summed E-state index contributed by atoms with van der Waals surface area (Å²) in [6.45, 7) is 1.14. The number of halogens is 1. The number of benzene rings is 2. The standard InChI is InChI=1S/C22H24FNO3/c1-26-17-8-9-18-15(12-17)4-2-5-16(18)13-22(25)24-10-11-27-21-7-3-6-20(23)19(21)14-24/h3,6-9,12,16H,2,4-5,10-11,13-14H2,1H3. The average molecular weight is 369 g/mol. The van der Waals surface area contributed by atoms with Crippen molar-refractivity contribution in [3.63, 3.8) is 0 Å². The van der Waals surface area contributed by atoms with Gasteiger partial charge in [-0.1, -0.05) is 12.1 Å². The lowest BCUT2D eigenvalue weighted by atomic mass is 9.80. The molecule has 2 aromatic rings. The molecule has 1 atom stereocenters. The van der Waals surface area contributed by atoms with E-state index in [-0.39, 0.29) is 24.2 Å². The van der Waals surface area contributed by atoms with Crippen LogP contribution in [0, 0.1) is 5.82 Å². The maximum absolute atomic E-state index is 14.2. The van der Waals surface area contributed by atoms with Crippen LogP contribution in [0.4, 0.5) is 4.39 Å². The molecule has 1 heterocycles. The number of methoxy groups -OCH3 is 1. The summed E-state index contributed by atoms with van der Waals surface area (Å²) in [5, 5.41) is 0. The van der Waals surface area contributed by atoms with Crippen molar-refractivity contribution >= 4 is 5.91 Å². The van der Waals surface area contributed by atoms with Crippen molar-refractivity contribution in [3.8, 4) is 11.5 Å². The molecule has 142 valence electrons. The molecule has 1 amide bonds. The largest absolute Gasteiger partial charge is 0.497 e. The van der Waals surface area contributed by atoms with Gasteiger partial charge in [0.15, 0.2) is 0 Å². The molecule has 2 aliphatic rings. The normalized spacial score (nSPS) is 18.7. The highest BCUT2D eigenvalue weighted by Crippen LogP contribution is 2.36. The lowest BCUT2D eigenvalue weighted by molar-refractivity contribution is -0.132. The Morgan fingerprint density at radius 3 is 3.07 bits per heavy atom. The molecule has 1 aliphatic carbocycles. The molecule has 0 aromatic heterocycles. The fourth-order valence-electron chi connectivity index (χ4n) is 4.15. The molecule has 1 aliphatic heterocycles. The highest BCUT2D eigenvalue weighted by atomic mass is 19.1. The molecular weight excluding hydrogens is 345 g/mol. The van der Waals surface area contributed by atoms with E-state index in [0.29, 0.717) is 30.9 Å². The van der Waals surface area contributed by atoms with Gasteiger partial charge >= 0.3 is 0 Å². The van der Waals surface area contributed by atoms with E-state index in [2.05, 4.69) is 12.1 Å². The van der Waals surface area contributed by atoms with Crippen LogP contribution in [0.1, 0.15) is 41.9 Å². The van der Waals surface area contributed by atoms with E-state index in [0.717, 1.165) is 25.0 Å². The van der Waals surface area contributed by atoms with Crippen molar-refractivity contribution in [2.24, 2.45) is 0 Å². The number of rotatable bonds is 3. The summed E-state index contributed by atoms with van der Waals surface area (Å²) in [7, 11) is 1.67. The first-order valence-corrected chi connectivity index (χ1v) is 9.50. The van der Waals surface area contributed by atoms with Crippen LogP contribution in [0.3, 0.4) is 0 Å². The third-order valence-corrected chi connectivity index (χ3v) is 5.61. The van der Waals surface area contributed by atoms with E-state index < -0.39 is 0 Å². The van der Waals surface area contributed by atoms with Crippen LogP contribution in [0.25, 0.3) is 0 Å². The average Bonchev–Trinajstić information content (AvgIpc) is 2.91. The predicted molar refractivity (Wildman–Crippen MR) is 101 cm³/mol. The fourth-order valence-corrected chi connectivity index (χ4v) is 4.15. The molecule has 0 N–H and O–H groups in total. The molecule has 0 spiro atoms. The SMILES string of the molecule is COc1ccc2c(c1)CCCC2CC(=O)N1CCOc2cccc(F)c2C1. The van der Waals surface area contributed by atoms with Crippen LogP contribution in [-0.2, 0) is 17.8 Å². The number of carbonyl (C=O) groups is 1. The Labute approximate surface area is 158 Å². The van der Waals surface area contributed by atoms with Gasteiger partial charge in [0, 0.05) is 12.0 Å². The molecule has 0 fully saturated rings. The van der Waals surface area contributed by atoms with Crippen molar-refractivity contribution in [3.05, 3.63) is 58.9 Å². The molecule has 1 unspecified atom stereocenters. The third kappa shape index (κ3) is 3.64. The van der Waals surface area contributed by atoms with E-state index >= 15 is 0 Å². The van der Waals surface area contributed by atoms with Gasteiger partial charge in [0.25, 0.3) is 0 Å². The summed E-state index contributed by atoms with van der Waals surface area (Å²) >= 11 is 0. The smallest absolute Gasteiger partial charge is 0.223 e. The number of aryl methyl sites for hydroxylation is 1. The second-order valence-corrected chi connectivity index (χ2v) is 7.24. The quantitative estimate of drug-likeness (QED) is 0.819. The lowest BCUT2D eigenvalue weighted by Crippen LogP contribution is -2.34. The molecule has 0 bridgehead atoms. The summed E-state index contributed by atoms with van der Waals surface area (Å²) in [4.78, 5) is 14.7. The topological polar surface area (TPSA) is 38.8 Å². The van der Waals surface area contributed by atoms with Gasteiger partial charge < -0.3 is 14.4 Å². The van der Waals surface area contributed by atoms with Gasteiger partial charge in [0.05, 0.1) is 20.2 Å². The van der Waals surface area contributed by atoms with Crippen LogP contribution in [0.2, 0.25) is 0 Å². The number of amides is 1. The predicted octanol–water partition coefficient (Wildman–Crippen LogP) is 4.07. The maximum Gasteiger partial charge on any atom is 0.223 e. The number of nitrogens with zero attached hydrogens (tertiary/aromatic N) is 1. The van der Waals surface area contributed by atoms with E-state index in [1.807, 2.05) is 6.07 Å². The first-order valence-electron chi connectivity index (χ1n) is 9.50. The summed E-state index contributed by atoms with van der Waals surface area (Å²) in [5.74, 6) is 1.35. The molecule has 0 saturated heterocycles. The summed E-state index contributed by atoms with van der Waals surface area (Å²) in [6.07, 6.45) is 3.54. The molecule has 0 radical (unpaired) electrons. The number of carbonyl (C=O) groups excluding carboxylic acids is 1. The molecule has 4 rings (SSSR count). The van der Waals surface area contributed by atoms with Crippen molar-refractivity contribution in [2.75, 3.05) is 20.3 Å². The molecular formula is C22H24FNO3. The molecule has 4 nitrogen and oxygen atoms in total. The van der Waals surface area contributed by atoms with Gasteiger partial charge in [-0.15, -0.1) is 0 Å². The number of hydrogen-bond acceptors (Lipinski definition) is 3. The molecule has 27 heavy (non-hydrogen) atoms. The number of fused-ring (bicyclic) bond motifs is 2. The van der Waals surface area contributed by atoms with Gasteiger partial charge in [0.2, 0.25) is 5.91 Å². The summed E-state index contributed by atoms with van der Waals surface area (Å²) in [5.41, 5.74) is 2.99. The van der Waals surface area contributed by atoms with Gasteiger partial charge in [-0.05, 0) is 60.6 Å². The van der Waals surface area contributed by atoms with Crippen LogP contribution in [0.15, 0.2) is 36.4 Å². The minimum Gasteiger partial charge on any atom is -0.497 e. The number of hydrogen-bond donors (Lipinski definition) is 0. The highest BCUT2D eigenvalue weighted by molar-refractivity contribution is 5.77. The van der Waals surface area contributed by atoms with Crippen molar-refractivity contribution in [2.45, 2.75) is 38.1 Å². The minimum absolute atomic E-state index is 0.0587. The molecule has 5 heteroatoms. The zero-order valence-corrected chi connectivity index (χ0v) is 15.5. The fraction of sp³-hybridized carbons (Fsp3) is 0.409. The van der Waals surface area contributed by atoms with E-state index in [1.54, 1.807) is 24.1 Å². The second kappa shape index (κ2) is 7.59. The van der Waals surface area contributed by atoms with Gasteiger partial charge in [-0.25, -0.2) is 4.39 Å². The van der Waals surface area contributed by atoms with Gasteiger partial charge in [0.1, 0.15) is 23.9 Å². The first-order chi connectivity index (χ1) is 13.2. The zero-order chi connectivity index (χ0) is 18.8. The van der Waals surface area contributed by atoms with Crippen molar-refractivity contribution in [1.82, 2.24) is 4.90 Å². The van der Waals surface area contributed by atoms with Crippen molar-refractivity contribution in [1.29, 1.82) is 0 Å². The Morgan fingerprint density at radius 1 is 1.33 bits per heavy atom. The summed E-state index contributed by atoms with van der Waals surface area (Å²) < 4.78 is 25.1. The van der Waals surface area contributed by atoms with E-state index in [1.165, 1.54) is 17.2 Å². The lowest BCUT2D eigenvalue weighted by Gasteiger charge is -2.28. The van der Waals surface area contributed by atoms with E-state index in [4.69, 9.17) is 9.47 Å². The monoisotopic (exact) mass is 369 g/mol. The van der Waals surface area contributed by atoms with Crippen molar-refractivity contribution < 1.29 is 18.7 Å². The minimum atomic E-state index is -0.317. The highest BCUT2D eigenvalue weighted by Gasteiger charge is 2.27. The van der Waals surface area contributed by atoms with Gasteiger partial charge in [-0.2, -0.15) is 0 Å². The van der Waals surface area contributed by atoms with Crippen LogP contribution in [-0.4, -0.2) is 31.1 Å². The molecule has 0 saturated carbocycles. The van der Waals surface area contributed by atoms with E-state index in [9.17, 15) is 9.18 Å². The van der Waals surface area contributed by atoms with Crippen LogP contribution in [0.5, 0.6) is 11.5 Å². The van der Waals surface area contributed by atoms with Crippen LogP contribution < -0.4 is 9.47 Å². The van der Waals surface area contributed by atoms with Gasteiger partial charge in [-0.3, -0.25) is 4.79 Å². The third-order valence-electron chi connectivity index (χ3n) is 5.61. The Kier molecular flexibility index (Phi) is 5.01. The first kappa shape index (κ1) is 17.8. The molecule has 2 aromatic carbocycles. The van der Waals surface area contributed by atoms with Crippen LogP contribution >= 0.6 is 0 Å². The summed E-state index contributed by atoms with van der Waals surface area (Å²) in [6, 6.07) is 11.0. The Balaban J connectivity index is 1.51. The Morgan fingerprint density at radius 2 is 2.22 bits per heavy atom. The Bertz CT molecular complexity index is 851. The second-order valence-electron chi connectivity index (χ2n) is 7.24. The zero-order valence-electron chi connectivity index (χ0n) is 15.5. The Hall–Kier alpha value is -2.56. The maximum atomic E-state index is 14.2. The number of ether oxygens (including phenoxy) is 2.